The van der Waals surface area contributed by atoms with Gasteiger partial charge in [-0.2, -0.15) is 0 Å². The maximum Gasteiger partial charge on any atom is 0.306 e. The van der Waals surface area contributed by atoms with Gasteiger partial charge in [-0.1, -0.05) is 44.0 Å². The normalized spacial score (nSPS) is 13.3. The second kappa shape index (κ2) is 6.02. The molecule has 0 aliphatic carbocycles. The van der Waals surface area contributed by atoms with Gasteiger partial charge in [0.2, 0.25) is 0 Å². The number of carboxylic acid groups (broad SMARTS) is 1. The van der Waals surface area contributed by atoms with E-state index >= 15 is 0 Å². The molecular weight excluding hydrogens is 287 g/mol. The van der Waals surface area contributed by atoms with Gasteiger partial charge < -0.3 is 10.2 Å². The average Bonchev–Trinajstić information content (AvgIpc) is 2.32. The average molecular weight is 305 g/mol. The number of aliphatic carboxylic acids is 1. The first-order chi connectivity index (χ1) is 8.65. The van der Waals surface area contributed by atoms with Crippen LogP contribution in [0.2, 0.25) is 10.0 Å². The summed E-state index contributed by atoms with van der Waals surface area (Å²) in [5.41, 5.74) is 0.628. The summed E-state index contributed by atoms with van der Waals surface area (Å²) in [5.74, 6) is -1.30. The van der Waals surface area contributed by atoms with Gasteiger partial charge >= 0.3 is 5.97 Å². The summed E-state index contributed by atoms with van der Waals surface area (Å²) in [6.07, 6.45) is 1.26. The number of carboxylic acids is 1. The number of carbonyl (C=O) groups is 1. The Labute approximate surface area is 123 Å². The zero-order valence-electron chi connectivity index (χ0n) is 11.2. The summed E-state index contributed by atoms with van der Waals surface area (Å²) < 4.78 is 0. The van der Waals surface area contributed by atoms with Crippen LogP contribution in [0.15, 0.2) is 12.1 Å². The quantitative estimate of drug-likeness (QED) is 0.843. The Hall–Kier alpha value is -0.930. The molecule has 1 rings (SSSR count). The molecule has 19 heavy (non-hydrogen) atoms. The van der Waals surface area contributed by atoms with Crippen molar-refractivity contribution in [3.8, 4) is 5.75 Å². The lowest BCUT2D eigenvalue weighted by atomic mass is 9.79. The molecule has 0 aliphatic rings. The summed E-state index contributed by atoms with van der Waals surface area (Å²) in [6.45, 7) is 5.69. The van der Waals surface area contributed by atoms with E-state index < -0.39 is 5.97 Å². The molecular formula is C14H18Cl2O3. The lowest BCUT2D eigenvalue weighted by Gasteiger charge is -2.27. The minimum Gasteiger partial charge on any atom is -0.505 e. The summed E-state index contributed by atoms with van der Waals surface area (Å²) in [5, 5.41) is 18.9. The third-order valence-electron chi connectivity index (χ3n) is 3.42. The molecule has 0 saturated heterocycles. The molecule has 0 heterocycles. The molecule has 3 nitrogen and oxygen atoms in total. The molecule has 1 aromatic carbocycles. The predicted molar refractivity (Wildman–Crippen MR) is 77.2 cm³/mol. The van der Waals surface area contributed by atoms with E-state index in [1.807, 2.05) is 13.8 Å². The van der Waals surface area contributed by atoms with Gasteiger partial charge in [0.15, 0.2) is 5.75 Å². The van der Waals surface area contributed by atoms with Crippen LogP contribution in [0.5, 0.6) is 5.75 Å². The van der Waals surface area contributed by atoms with Crippen molar-refractivity contribution in [1.29, 1.82) is 0 Å². The Morgan fingerprint density at radius 2 is 1.79 bits per heavy atom. The number of halogens is 2. The number of benzene rings is 1. The molecule has 106 valence electrons. The van der Waals surface area contributed by atoms with Crippen LogP contribution >= 0.6 is 23.2 Å². The zero-order chi connectivity index (χ0) is 14.8. The van der Waals surface area contributed by atoms with Gasteiger partial charge in [-0.15, -0.1) is 0 Å². The summed E-state index contributed by atoms with van der Waals surface area (Å²) in [4.78, 5) is 10.8. The molecule has 0 spiro atoms. The first kappa shape index (κ1) is 16.1. The van der Waals surface area contributed by atoms with Crippen molar-refractivity contribution in [1.82, 2.24) is 0 Å². The Morgan fingerprint density at radius 3 is 2.21 bits per heavy atom. The van der Waals surface area contributed by atoms with Crippen molar-refractivity contribution in [2.45, 2.75) is 39.0 Å². The van der Waals surface area contributed by atoms with E-state index in [1.165, 1.54) is 0 Å². The van der Waals surface area contributed by atoms with E-state index in [4.69, 9.17) is 28.3 Å². The van der Waals surface area contributed by atoms with Crippen molar-refractivity contribution in [2.24, 2.45) is 5.92 Å². The lowest BCUT2D eigenvalue weighted by Crippen LogP contribution is -2.20. The maximum absolute atomic E-state index is 10.8. The van der Waals surface area contributed by atoms with Crippen LogP contribution in [0.3, 0.4) is 0 Å². The maximum atomic E-state index is 10.8. The first-order valence-electron chi connectivity index (χ1n) is 6.06. The van der Waals surface area contributed by atoms with Gasteiger partial charge in [0.25, 0.3) is 0 Å². The molecule has 0 saturated carbocycles. The molecule has 0 bridgehead atoms. The van der Waals surface area contributed by atoms with Gasteiger partial charge in [0, 0.05) is 0 Å². The fourth-order valence-corrected chi connectivity index (χ4v) is 2.29. The van der Waals surface area contributed by atoms with Gasteiger partial charge in [0.1, 0.15) is 0 Å². The molecule has 0 fully saturated rings. The van der Waals surface area contributed by atoms with Crippen LogP contribution < -0.4 is 0 Å². The molecule has 0 radical (unpaired) electrons. The van der Waals surface area contributed by atoms with Gasteiger partial charge in [-0.25, -0.2) is 0 Å². The molecule has 0 aromatic heterocycles. The molecule has 0 aliphatic heterocycles. The highest BCUT2D eigenvalue weighted by Gasteiger charge is 2.25. The monoisotopic (exact) mass is 304 g/mol. The van der Waals surface area contributed by atoms with Gasteiger partial charge in [-0.05, 0) is 36.0 Å². The van der Waals surface area contributed by atoms with Crippen molar-refractivity contribution >= 4 is 29.2 Å². The minimum atomic E-state index is -0.794. The number of hydrogen-bond acceptors (Lipinski definition) is 2. The van der Waals surface area contributed by atoms with Crippen LogP contribution in [0.25, 0.3) is 0 Å². The number of phenols is 1. The fourth-order valence-electron chi connectivity index (χ4n) is 1.80. The third-order valence-corrected chi connectivity index (χ3v) is 4.00. The summed E-state index contributed by atoms with van der Waals surface area (Å²) in [6, 6.07) is 3.35. The van der Waals surface area contributed by atoms with E-state index in [1.54, 1.807) is 19.1 Å². The molecule has 0 amide bonds. The Balaban J connectivity index is 2.91. The van der Waals surface area contributed by atoms with Gasteiger partial charge in [0.05, 0.1) is 16.0 Å². The third kappa shape index (κ3) is 4.02. The molecule has 1 unspecified atom stereocenters. The van der Waals surface area contributed by atoms with Crippen LogP contribution in [0.1, 0.15) is 39.2 Å². The van der Waals surface area contributed by atoms with E-state index in [9.17, 15) is 9.90 Å². The molecule has 1 atom stereocenters. The highest BCUT2D eigenvalue weighted by Crippen LogP contribution is 2.38. The van der Waals surface area contributed by atoms with Crippen LogP contribution in [0.4, 0.5) is 0 Å². The van der Waals surface area contributed by atoms with Crippen molar-refractivity contribution in [3.63, 3.8) is 0 Å². The highest BCUT2D eigenvalue weighted by molar-refractivity contribution is 6.37. The van der Waals surface area contributed by atoms with E-state index in [0.29, 0.717) is 12.8 Å². The van der Waals surface area contributed by atoms with E-state index in [2.05, 4.69) is 0 Å². The van der Waals surface area contributed by atoms with Gasteiger partial charge in [-0.3, -0.25) is 4.79 Å². The topological polar surface area (TPSA) is 57.5 Å². The fraction of sp³-hybridized carbons (Fsp3) is 0.500. The Bertz CT molecular complexity index is 461. The van der Waals surface area contributed by atoms with Crippen LogP contribution in [-0.2, 0) is 10.2 Å². The summed E-state index contributed by atoms with van der Waals surface area (Å²) >= 11 is 11.8. The van der Waals surface area contributed by atoms with E-state index in [0.717, 1.165) is 5.56 Å². The highest BCUT2D eigenvalue weighted by atomic mass is 35.5. The SMILES string of the molecule is CC(CCC(C)(C)c1cc(Cl)c(O)c(Cl)c1)C(=O)O. The van der Waals surface area contributed by atoms with Crippen molar-refractivity contribution < 1.29 is 15.0 Å². The van der Waals surface area contributed by atoms with Crippen molar-refractivity contribution in [3.05, 3.63) is 27.7 Å². The van der Waals surface area contributed by atoms with Crippen LogP contribution in [-0.4, -0.2) is 16.2 Å². The lowest BCUT2D eigenvalue weighted by molar-refractivity contribution is -0.141. The molecule has 2 N–H and O–H groups in total. The zero-order valence-corrected chi connectivity index (χ0v) is 12.7. The second-order valence-corrected chi connectivity index (χ2v) is 6.26. The number of rotatable bonds is 5. The second-order valence-electron chi connectivity index (χ2n) is 5.45. The van der Waals surface area contributed by atoms with Crippen molar-refractivity contribution in [2.75, 3.05) is 0 Å². The largest absolute Gasteiger partial charge is 0.505 e. The number of phenolic OH excluding ortho intramolecular Hbond substituents is 1. The standard InChI is InChI=1S/C14H18Cl2O3/c1-8(13(18)19)4-5-14(2,3)9-6-10(15)12(17)11(16)7-9/h6-8,17H,4-5H2,1-3H3,(H,18,19). The minimum absolute atomic E-state index is 0.123. The molecule has 5 heteroatoms. The number of aromatic hydroxyl groups is 1. The Morgan fingerprint density at radius 1 is 1.32 bits per heavy atom. The van der Waals surface area contributed by atoms with E-state index in [-0.39, 0.29) is 27.1 Å². The predicted octanol–water partition coefficient (Wildman–Crippen LogP) is 4.48. The number of hydrogen-bond donors (Lipinski definition) is 2. The first-order valence-corrected chi connectivity index (χ1v) is 6.82. The van der Waals surface area contributed by atoms with Crippen LogP contribution in [0, 0.1) is 5.92 Å². The molecule has 1 aromatic rings. The Kier molecular flexibility index (Phi) is 5.11. The summed E-state index contributed by atoms with van der Waals surface area (Å²) in [7, 11) is 0. The smallest absolute Gasteiger partial charge is 0.306 e.